The molecule has 0 bridgehead atoms. The van der Waals surface area contributed by atoms with Gasteiger partial charge in [-0.3, -0.25) is 14.5 Å². The molecule has 1 aromatic heterocycles. The van der Waals surface area contributed by atoms with Crippen LogP contribution in [0.2, 0.25) is 0 Å². The average Bonchev–Trinajstić information content (AvgIpc) is 3.23. The van der Waals surface area contributed by atoms with E-state index in [4.69, 9.17) is 9.15 Å². The molecule has 2 heterocycles. The van der Waals surface area contributed by atoms with E-state index in [-0.39, 0.29) is 36.1 Å². The summed E-state index contributed by atoms with van der Waals surface area (Å²) in [6, 6.07) is 9.38. The number of rotatable bonds is 6. The van der Waals surface area contributed by atoms with Crippen LogP contribution < -0.4 is 4.72 Å². The highest BCUT2D eigenvalue weighted by molar-refractivity contribution is 7.90. The van der Waals surface area contributed by atoms with Crippen molar-refractivity contribution in [1.29, 1.82) is 0 Å². The molecule has 0 atom stereocenters. The summed E-state index contributed by atoms with van der Waals surface area (Å²) in [5.74, 6) is -0.644. The van der Waals surface area contributed by atoms with Crippen LogP contribution in [0, 0.1) is 0 Å². The number of sulfonamides is 1. The Morgan fingerprint density at radius 1 is 1.19 bits per heavy atom. The van der Waals surface area contributed by atoms with E-state index in [9.17, 15) is 18.0 Å². The van der Waals surface area contributed by atoms with E-state index < -0.39 is 22.0 Å². The largest absolute Gasteiger partial charge is 0.463 e. The molecule has 1 aliphatic rings. The van der Waals surface area contributed by atoms with Gasteiger partial charge in [-0.15, -0.1) is 0 Å². The van der Waals surface area contributed by atoms with Crippen LogP contribution in [0.3, 0.4) is 0 Å². The SMILES string of the molecule is COC(=O)c1ccc(COC(=O)CCN=C2NS(=O)(=O)c3ccccc32)o1. The normalized spacial score (nSPS) is 15.8. The van der Waals surface area contributed by atoms with Crippen molar-refractivity contribution in [2.45, 2.75) is 17.9 Å². The minimum atomic E-state index is -3.61. The number of nitrogens with one attached hydrogen (secondary N) is 1. The van der Waals surface area contributed by atoms with Crippen LogP contribution in [0.25, 0.3) is 0 Å². The number of furan rings is 1. The number of fused-ring (bicyclic) bond motifs is 1. The second kappa shape index (κ2) is 7.62. The Bertz CT molecular complexity index is 1010. The maximum atomic E-state index is 12.0. The number of benzene rings is 1. The first-order chi connectivity index (χ1) is 12.9. The zero-order valence-electron chi connectivity index (χ0n) is 14.3. The fraction of sp³-hybridized carbons (Fsp3) is 0.235. The highest BCUT2D eigenvalue weighted by atomic mass is 32.2. The number of carbonyl (C=O) groups is 2. The first-order valence-electron chi connectivity index (χ1n) is 7.90. The molecule has 10 heteroatoms. The zero-order chi connectivity index (χ0) is 19.4. The fourth-order valence-electron chi connectivity index (χ4n) is 2.40. The Hall–Kier alpha value is -3.14. The third-order valence-corrected chi connectivity index (χ3v) is 5.07. The molecule has 1 aliphatic heterocycles. The van der Waals surface area contributed by atoms with Gasteiger partial charge in [0, 0.05) is 5.56 Å². The summed E-state index contributed by atoms with van der Waals surface area (Å²) >= 11 is 0. The Labute approximate surface area is 155 Å². The third kappa shape index (κ3) is 4.17. The van der Waals surface area contributed by atoms with Gasteiger partial charge in [0.25, 0.3) is 10.0 Å². The molecule has 9 nitrogen and oxygen atoms in total. The zero-order valence-corrected chi connectivity index (χ0v) is 15.1. The molecule has 0 amide bonds. The lowest BCUT2D eigenvalue weighted by atomic mass is 10.2. The van der Waals surface area contributed by atoms with Crippen molar-refractivity contribution < 1.29 is 31.9 Å². The van der Waals surface area contributed by atoms with E-state index in [0.29, 0.717) is 11.3 Å². The van der Waals surface area contributed by atoms with Crippen molar-refractivity contribution in [2.24, 2.45) is 4.99 Å². The molecule has 0 radical (unpaired) electrons. The number of hydrogen-bond donors (Lipinski definition) is 1. The van der Waals surface area contributed by atoms with E-state index in [1.54, 1.807) is 18.2 Å². The van der Waals surface area contributed by atoms with E-state index in [2.05, 4.69) is 14.5 Å². The molecule has 0 aliphatic carbocycles. The molecule has 3 rings (SSSR count). The summed E-state index contributed by atoms with van der Waals surface area (Å²) < 4.78 is 41.0. The summed E-state index contributed by atoms with van der Waals surface area (Å²) in [7, 11) is -2.37. The quantitative estimate of drug-likeness (QED) is 0.733. The Balaban J connectivity index is 1.52. The van der Waals surface area contributed by atoms with E-state index in [0.717, 1.165) is 0 Å². The van der Waals surface area contributed by atoms with Crippen LogP contribution >= 0.6 is 0 Å². The Morgan fingerprint density at radius 3 is 2.74 bits per heavy atom. The van der Waals surface area contributed by atoms with Crippen molar-refractivity contribution in [3.63, 3.8) is 0 Å². The van der Waals surface area contributed by atoms with Gasteiger partial charge in [0.05, 0.1) is 25.0 Å². The lowest BCUT2D eigenvalue weighted by molar-refractivity contribution is -0.145. The predicted molar refractivity (Wildman–Crippen MR) is 92.6 cm³/mol. The van der Waals surface area contributed by atoms with Crippen LogP contribution in [0.4, 0.5) is 0 Å². The molecule has 27 heavy (non-hydrogen) atoms. The Morgan fingerprint density at radius 2 is 1.96 bits per heavy atom. The van der Waals surface area contributed by atoms with E-state index in [1.165, 1.54) is 25.3 Å². The van der Waals surface area contributed by atoms with Gasteiger partial charge in [0.15, 0.2) is 0 Å². The topological polar surface area (TPSA) is 124 Å². The summed E-state index contributed by atoms with van der Waals surface area (Å²) in [5, 5.41) is 0. The molecule has 0 fully saturated rings. The highest BCUT2D eigenvalue weighted by Gasteiger charge is 2.29. The summed E-state index contributed by atoms with van der Waals surface area (Å²) in [6.07, 6.45) is -0.0437. The summed E-state index contributed by atoms with van der Waals surface area (Å²) in [5.41, 5.74) is 0.469. The number of amidine groups is 1. The second-order valence-corrected chi connectivity index (χ2v) is 7.15. The van der Waals surface area contributed by atoms with Gasteiger partial charge >= 0.3 is 11.9 Å². The summed E-state index contributed by atoms with van der Waals surface area (Å²) in [4.78, 5) is 27.4. The van der Waals surface area contributed by atoms with Gasteiger partial charge in [-0.2, -0.15) is 0 Å². The molecule has 1 N–H and O–H groups in total. The monoisotopic (exact) mass is 392 g/mol. The number of carbonyl (C=O) groups excluding carboxylic acids is 2. The maximum absolute atomic E-state index is 12.0. The van der Waals surface area contributed by atoms with Crippen molar-refractivity contribution >= 4 is 27.8 Å². The molecular weight excluding hydrogens is 376 g/mol. The molecule has 142 valence electrons. The number of esters is 2. The second-order valence-electron chi connectivity index (χ2n) is 5.50. The van der Waals surface area contributed by atoms with Crippen LogP contribution in [-0.4, -0.2) is 39.8 Å². The first kappa shape index (κ1) is 18.6. The molecule has 0 saturated carbocycles. The molecular formula is C17H16N2O7S. The number of nitrogens with zero attached hydrogens (tertiary/aromatic N) is 1. The summed E-state index contributed by atoms with van der Waals surface area (Å²) in [6.45, 7) is -0.0849. The average molecular weight is 392 g/mol. The molecule has 0 spiro atoms. The standard InChI is InChI=1S/C17H16N2O7S/c1-24-17(21)13-7-6-11(26-13)10-25-15(20)8-9-18-16-12-4-2-3-5-14(12)27(22,23)19-16/h2-7H,8-10H2,1H3,(H,18,19). The predicted octanol–water partition coefficient (Wildman–Crippen LogP) is 1.24. The van der Waals surface area contributed by atoms with Crippen molar-refractivity contribution in [3.8, 4) is 0 Å². The molecule has 0 unspecified atom stereocenters. The number of hydrogen-bond acceptors (Lipinski definition) is 8. The van der Waals surface area contributed by atoms with Gasteiger partial charge in [-0.1, -0.05) is 12.1 Å². The number of aliphatic imine (C=N–C) groups is 1. The fourth-order valence-corrected chi connectivity index (χ4v) is 3.65. The van der Waals surface area contributed by atoms with Crippen molar-refractivity contribution in [2.75, 3.05) is 13.7 Å². The first-order valence-corrected chi connectivity index (χ1v) is 9.38. The molecule has 2 aromatic rings. The third-order valence-electron chi connectivity index (χ3n) is 3.67. The maximum Gasteiger partial charge on any atom is 0.373 e. The van der Waals surface area contributed by atoms with E-state index in [1.807, 2.05) is 0 Å². The minimum absolute atomic E-state index is 0.0159. The molecule has 1 aromatic carbocycles. The van der Waals surface area contributed by atoms with Gasteiger partial charge in [0.1, 0.15) is 18.2 Å². The van der Waals surface area contributed by atoms with Gasteiger partial charge in [0.2, 0.25) is 5.76 Å². The van der Waals surface area contributed by atoms with Gasteiger partial charge < -0.3 is 13.9 Å². The minimum Gasteiger partial charge on any atom is -0.463 e. The van der Waals surface area contributed by atoms with Crippen molar-refractivity contribution in [3.05, 3.63) is 53.5 Å². The van der Waals surface area contributed by atoms with E-state index >= 15 is 0 Å². The van der Waals surface area contributed by atoms with Crippen molar-refractivity contribution in [1.82, 2.24) is 4.72 Å². The van der Waals surface area contributed by atoms with Crippen LogP contribution in [0.5, 0.6) is 0 Å². The van der Waals surface area contributed by atoms with Crippen LogP contribution in [-0.2, 0) is 30.9 Å². The Kier molecular flexibility index (Phi) is 5.26. The lowest BCUT2D eigenvalue weighted by Crippen LogP contribution is -2.22. The number of methoxy groups -OCH3 is 1. The van der Waals surface area contributed by atoms with Crippen LogP contribution in [0.1, 0.15) is 28.3 Å². The highest BCUT2D eigenvalue weighted by Crippen LogP contribution is 2.22. The lowest BCUT2D eigenvalue weighted by Gasteiger charge is -2.02. The molecule has 0 saturated heterocycles. The van der Waals surface area contributed by atoms with Gasteiger partial charge in [-0.05, 0) is 24.3 Å². The van der Waals surface area contributed by atoms with Crippen LogP contribution in [0.15, 0.2) is 50.7 Å². The number of ether oxygens (including phenoxy) is 2. The van der Waals surface area contributed by atoms with Gasteiger partial charge in [-0.25, -0.2) is 13.2 Å². The smallest absolute Gasteiger partial charge is 0.373 e.